The van der Waals surface area contributed by atoms with Gasteiger partial charge < -0.3 is 15.4 Å². The molecule has 2 saturated carbocycles. The van der Waals surface area contributed by atoms with Gasteiger partial charge >= 0.3 is 6.09 Å². The van der Waals surface area contributed by atoms with Crippen LogP contribution in [-0.2, 0) is 14.9 Å². The lowest BCUT2D eigenvalue weighted by Crippen LogP contribution is -2.43. The van der Waals surface area contributed by atoms with E-state index in [0.717, 1.165) is 25.7 Å². The van der Waals surface area contributed by atoms with Crippen molar-refractivity contribution in [2.24, 2.45) is 5.92 Å². The Morgan fingerprint density at radius 3 is 2.43 bits per heavy atom. The van der Waals surface area contributed by atoms with Crippen LogP contribution in [0.2, 0.25) is 0 Å². The largest absolute Gasteiger partial charge is 0.444 e. The highest BCUT2D eigenvalue weighted by Crippen LogP contribution is 2.49. The lowest BCUT2D eigenvalue weighted by molar-refractivity contribution is -0.121. The van der Waals surface area contributed by atoms with Gasteiger partial charge in [0, 0.05) is 24.4 Å². The van der Waals surface area contributed by atoms with E-state index in [1.165, 1.54) is 16.7 Å². The molecule has 0 heterocycles. The third-order valence-corrected chi connectivity index (χ3v) is 5.73. The zero-order valence-electron chi connectivity index (χ0n) is 17.9. The average molecular weight is 387 g/mol. The van der Waals surface area contributed by atoms with Gasteiger partial charge in [0.2, 0.25) is 5.91 Å². The maximum absolute atomic E-state index is 12.6. The van der Waals surface area contributed by atoms with E-state index >= 15 is 0 Å². The molecule has 28 heavy (non-hydrogen) atoms. The summed E-state index contributed by atoms with van der Waals surface area (Å²) in [6.45, 7) is 10.4. The highest BCUT2D eigenvalue weighted by molar-refractivity contribution is 5.78. The predicted molar refractivity (Wildman–Crippen MR) is 110 cm³/mol. The molecule has 1 aromatic rings. The molecule has 2 aliphatic carbocycles. The van der Waals surface area contributed by atoms with Crippen molar-refractivity contribution < 1.29 is 14.3 Å². The lowest BCUT2D eigenvalue weighted by Gasteiger charge is -2.24. The fourth-order valence-electron chi connectivity index (χ4n) is 3.93. The fraction of sp³-hybridized carbons (Fsp3) is 0.652. The van der Waals surface area contributed by atoms with E-state index in [0.29, 0.717) is 18.9 Å². The molecule has 154 valence electrons. The summed E-state index contributed by atoms with van der Waals surface area (Å²) in [5.41, 5.74) is 3.46. The SMILES string of the molecule is Cc1ccc(C2(CNC(=O)C[C@H](NC(=O)OC(C)(C)C)C3CC3)CC2)c(C)c1. The summed E-state index contributed by atoms with van der Waals surface area (Å²) in [5.74, 6) is 0.386. The molecule has 2 fully saturated rings. The molecule has 0 unspecified atom stereocenters. The molecular formula is C23H34N2O3. The van der Waals surface area contributed by atoms with Crippen LogP contribution in [0.3, 0.4) is 0 Å². The number of alkyl carbamates (subject to hydrolysis) is 1. The van der Waals surface area contributed by atoms with E-state index in [9.17, 15) is 9.59 Å². The van der Waals surface area contributed by atoms with Gasteiger partial charge in [-0.2, -0.15) is 0 Å². The van der Waals surface area contributed by atoms with Crippen molar-refractivity contribution in [3.63, 3.8) is 0 Å². The van der Waals surface area contributed by atoms with Crippen molar-refractivity contribution in [2.75, 3.05) is 6.54 Å². The number of amides is 2. The number of hydrogen-bond acceptors (Lipinski definition) is 3. The monoisotopic (exact) mass is 386 g/mol. The Hall–Kier alpha value is -2.04. The van der Waals surface area contributed by atoms with Gasteiger partial charge in [-0.3, -0.25) is 4.79 Å². The zero-order chi connectivity index (χ0) is 20.5. The van der Waals surface area contributed by atoms with Crippen molar-refractivity contribution in [2.45, 2.75) is 83.8 Å². The molecule has 2 aliphatic rings. The third kappa shape index (κ3) is 5.49. The first kappa shape index (κ1) is 20.7. The summed E-state index contributed by atoms with van der Waals surface area (Å²) in [6, 6.07) is 6.43. The molecule has 1 aromatic carbocycles. The number of rotatable bonds is 7. The third-order valence-electron chi connectivity index (χ3n) is 5.73. The molecule has 1 atom stereocenters. The van der Waals surface area contributed by atoms with Crippen LogP contribution in [0, 0.1) is 19.8 Å². The van der Waals surface area contributed by atoms with Crippen molar-refractivity contribution in [1.82, 2.24) is 10.6 Å². The molecule has 3 rings (SSSR count). The molecule has 2 N–H and O–H groups in total. The maximum Gasteiger partial charge on any atom is 0.407 e. The minimum Gasteiger partial charge on any atom is -0.444 e. The van der Waals surface area contributed by atoms with Gasteiger partial charge in [0.1, 0.15) is 5.60 Å². The number of aryl methyl sites for hydroxylation is 2. The van der Waals surface area contributed by atoms with Gasteiger partial charge in [-0.05, 0) is 77.3 Å². The highest BCUT2D eigenvalue weighted by Gasteiger charge is 2.45. The predicted octanol–water partition coefficient (Wildman–Crippen LogP) is 4.14. The minimum atomic E-state index is -0.537. The van der Waals surface area contributed by atoms with Gasteiger partial charge in [-0.25, -0.2) is 4.79 Å². The second kappa shape index (κ2) is 7.76. The van der Waals surface area contributed by atoms with Gasteiger partial charge in [-0.15, -0.1) is 0 Å². The number of carbonyl (C=O) groups is 2. The maximum atomic E-state index is 12.6. The highest BCUT2D eigenvalue weighted by atomic mass is 16.6. The number of carbonyl (C=O) groups excluding carboxylic acids is 2. The van der Waals surface area contributed by atoms with E-state index in [4.69, 9.17) is 4.74 Å². The molecule has 0 aliphatic heterocycles. The van der Waals surface area contributed by atoms with Gasteiger partial charge in [0.15, 0.2) is 0 Å². The van der Waals surface area contributed by atoms with E-state index in [-0.39, 0.29) is 17.4 Å². The van der Waals surface area contributed by atoms with Crippen LogP contribution in [0.15, 0.2) is 18.2 Å². The summed E-state index contributed by atoms with van der Waals surface area (Å²) in [6.07, 6.45) is 4.21. The molecule has 0 saturated heterocycles. The van der Waals surface area contributed by atoms with E-state index < -0.39 is 11.7 Å². The average Bonchev–Trinajstić information content (AvgIpc) is 3.45. The Morgan fingerprint density at radius 1 is 1.21 bits per heavy atom. The Balaban J connectivity index is 1.53. The number of ether oxygens (including phenoxy) is 1. The molecule has 0 spiro atoms. The first-order chi connectivity index (χ1) is 13.1. The van der Waals surface area contributed by atoms with Crippen LogP contribution in [0.1, 0.15) is 69.6 Å². The summed E-state index contributed by atoms with van der Waals surface area (Å²) in [7, 11) is 0. The van der Waals surface area contributed by atoms with Crippen LogP contribution in [0.5, 0.6) is 0 Å². The van der Waals surface area contributed by atoms with Gasteiger partial charge in [0.25, 0.3) is 0 Å². The molecule has 5 nitrogen and oxygen atoms in total. The number of benzene rings is 1. The summed E-state index contributed by atoms with van der Waals surface area (Å²) < 4.78 is 5.35. The minimum absolute atomic E-state index is 0.00370. The van der Waals surface area contributed by atoms with Crippen LogP contribution in [0.25, 0.3) is 0 Å². The second-order valence-electron chi connectivity index (χ2n) is 9.67. The molecule has 0 bridgehead atoms. The van der Waals surface area contributed by atoms with Crippen molar-refractivity contribution in [3.8, 4) is 0 Å². The molecule has 2 amide bonds. The van der Waals surface area contributed by atoms with Crippen molar-refractivity contribution in [1.29, 1.82) is 0 Å². The number of nitrogens with one attached hydrogen (secondary N) is 2. The second-order valence-corrected chi connectivity index (χ2v) is 9.67. The van der Waals surface area contributed by atoms with Crippen LogP contribution < -0.4 is 10.6 Å². The van der Waals surface area contributed by atoms with Gasteiger partial charge in [-0.1, -0.05) is 23.8 Å². The lowest BCUT2D eigenvalue weighted by atomic mass is 9.90. The van der Waals surface area contributed by atoms with Crippen molar-refractivity contribution in [3.05, 3.63) is 34.9 Å². The summed E-state index contributed by atoms with van der Waals surface area (Å²) >= 11 is 0. The Morgan fingerprint density at radius 2 is 1.89 bits per heavy atom. The van der Waals surface area contributed by atoms with E-state index in [2.05, 4.69) is 42.7 Å². The Kier molecular flexibility index (Phi) is 5.74. The van der Waals surface area contributed by atoms with Gasteiger partial charge in [0.05, 0.1) is 0 Å². The molecular weight excluding hydrogens is 352 g/mol. The smallest absolute Gasteiger partial charge is 0.407 e. The van der Waals surface area contributed by atoms with Crippen LogP contribution in [0.4, 0.5) is 4.79 Å². The standard InChI is InChI=1S/C23H34N2O3/c1-15-6-9-18(16(2)12-15)23(10-11-23)14-24-20(26)13-19(17-7-8-17)25-21(27)28-22(3,4)5/h6,9,12,17,19H,7-8,10-11,13-14H2,1-5H3,(H,24,26)(H,25,27)/t19-/m0/s1. The zero-order valence-corrected chi connectivity index (χ0v) is 17.9. The topological polar surface area (TPSA) is 67.4 Å². The molecule has 0 aromatic heterocycles. The quantitative estimate of drug-likeness (QED) is 0.740. The van der Waals surface area contributed by atoms with E-state index in [1.807, 2.05) is 20.8 Å². The Labute approximate surface area is 168 Å². The van der Waals surface area contributed by atoms with Crippen molar-refractivity contribution >= 4 is 12.0 Å². The number of hydrogen-bond donors (Lipinski definition) is 2. The molecule has 5 heteroatoms. The first-order valence-electron chi connectivity index (χ1n) is 10.4. The van der Waals surface area contributed by atoms with Crippen LogP contribution in [-0.4, -0.2) is 30.2 Å². The van der Waals surface area contributed by atoms with Crippen LogP contribution >= 0.6 is 0 Å². The molecule has 0 radical (unpaired) electrons. The summed E-state index contributed by atoms with van der Waals surface area (Å²) in [5, 5.41) is 6.03. The Bertz CT molecular complexity index is 743. The fourth-order valence-corrected chi connectivity index (χ4v) is 3.93. The normalized spacial score (nSPS) is 18.9. The first-order valence-corrected chi connectivity index (χ1v) is 10.4. The van der Waals surface area contributed by atoms with E-state index in [1.54, 1.807) is 0 Å². The summed E-state index contributed by atoms with van der Waals surface area (Å²) in [4.78, 5) is 24.7.